The average Bonchev–Trinajstić information content (AvgIpc) is 3.14. The predicted molar refractivity (Wildman–Crippen MR) is 110 cm³/mol. The summed E-state index contributed by atoms with van der Waals surface area (Å²) in [5, 5.41) is 0. The Bertz CT molecular complexity index is 1200. The molecule has 0 aliphatic rings. The Morgan fingerprint density at radius 1 is 0.966 bits per heavy atom. The van der Waals surface area contributed by atoms with Crippen molar-refractivity contribution in [3.8, 4) is 17.6 Å². The van der Waals surface area contributed by atoms with Gasteiger partial charge in [-0.3, -0.25) is 4.40 Å². The Labute approximate surface area is 168 Å². The van der Waals surface area contributed by atoms with E-state index < -0.39 is 0 Å². The third-order valence-corrected chi connectivity index (χ3v) is 4.35. The molecule has 0 spiro atoms. The summed E-state index contributed by atoms with van der Waals surface area (Å²) in [6.45, 7) is 0.262. The molecule has 0 saturated carbocycles. The van der Waals surface area contributed by atoms with E-state index in [-0.39, 0.29) is 12.6 Å². The Hall–Kier alpha value is -4.04. The van der Waals surface area contributed by atoms with Crippen molar-refractivity contribution in [3.05, 3.63) is 102 Å². The highest BCUT2D eigenvalue weighted by Crippen LogP contribution is 2.17. The van der Waals surface area contributed by atoms with Crippen LogP contribution < -0.4 is 4.74 Å². The first-order chi connectivity index (χ1) is 14.2. The van der Waals surface area contributed by atoms with Gasteiger partial charge in [-0.15, -0.1) is 0 Å². The molecule has 2 aromatic carbocycles. The Morgan fingerprint density at radius 3 is 2.48 bits per heavy atom. The van der Waals surface area contributed by atoms with Gasteiger partial charge in [-0.2, -0.15) is 0 Å². The molecule has 5 heteroatoms. The summed E-state index contributed by atoms with van der Waals surface area (Å²) in [6, 6.07) is 22.4. The van der Waals surface area contributed by atoms with Gasteiger partial charge in [0.1, 0.15) is 29.4 Å². The number of methoxy groups -OCH3 is 1. The molecule has 2 aromatic heterocycles. The Balaban J connectivity index is 1.60. The minimum atomic E-state index is -0.379. The molecule has 2 heterocycles. The van der Waals surface area contributed by atoms with E-state index >= 15 is 0 Å². The second-order valence-electron chi connectivity index (χ2n) is 6.26. The lowest BCUT2D eigenvalue weighted by Crippen LogP contribution is -2.02. The van der Waals surface area contributed by atoms with Crippen molar-refractivity contribution in [1.82, 2.24) is 9.38 Å². The van der Waals surface area contributed by atoms with Gasteiger partial charge in [-0.25, -0.2) is 9.78 Å². The molecular weight excluding hydrogens is 364 g/mol. The van der Waals surface area contributed by atoms with Crippen LogP contribution in [0.5, 0.6) is 5.75 Å². The molecule has 29 heavy (non-hydrogen) atoms. The molecular formula is C24H18N2O3. The van der Waals surface area contributed by atoms with Crippen LogP contribution in [0.15, 0.2) is 79.0 Å². The number of hydrogen-bond donors (Lipinski definition) is 0. The highest BCUT2D eigenvalue weighted by atomic mass is 16.5. The number of hydrogen-bond acceptors (Lipinski definition) is 4. The molecule has 4 aromatic rings. The summed E-state index contributed by atoms with van der Waals surface area (Å²) >= 11 is 0. The zero-order chi connectivity index (χ0) is 20.1. The van der Waals surface area contributed by atoms with Crippen molar-refractivity contribution < 1.29 is 14.3 Å². The standard InChI is InChI=1S/C24H18N2O3/c1-28-24(27)19-11-13-20(14-12-19)29-17-21-22(15-10-18-7-3-2-4-8-18)26-16-6-5-9-23(26)25-21/h2-9,11-14,16H,17H2,1H3. The first kappa shape index (κ1) is 18.3. The number of carbonyl (C=O) groups excluding carboxylic acids is 1. The van der Waals surface area contributed by atoms with Gasteiger partial charge >= 0.3 is 5.97 Å². The van der Waals surface area contributed by atoms with E-state index in [0.717, 1.165) is 22.6 Å². The lowest BCUT2D eigenvalue weighted by molar-refractivity contribution is 0.0600. The van der Waals surface area contributed by atoms with Gasteiger partial charge in [-0.1, -0.05) is 30.2 Å². The molecule has 0 radical (unpaired) electrons. The Morgan fingerprint density at radius 2 is 1.72 bits per heavy atom. The summed E-state index contributed by atoms with van der Waals surface area (Å²) in [6.07, 6.45) is 1.94. The van der Waals surface area contributed by atoms with Crippen molar-refractivity contribution in [3.63, 3.8) is 0 Å². The monoisotopic (exact) mass is 382 g/mol. The fourth-order valence-electron chi connectivity index (χ4n) is 2.89. The number of rotatable bonds is 4. The quantitative estimate of drug-likeness (QED) is 0.394. The minimum Gasteiger partial charge on any atom is -0.487 e. The van der Waals surface area contributed by atoms with E-state index in [1.165, 1.54) is 7.11 Å². The highest BCUT2D eigenvalue weighted by Gasteiger charge is 2.11. The zero-order valence-corrected chi connectivity index (χ0v) is 15.8. The van der Waals surface area contributed by atoms with Crippen LogP contribution in [-0.4, -0.2) is 22.5 Å². The van der Waals surface area contributed by atoms with Crippen molar-refractivity contribution in [1.29, 1.82) is 0 Å². The van der Waals surface area contributed by atoms with Crippen molar-refractivity contribution >= 4 is 11.6 Å². The fraction of sp³-hybridized carbons (Fsp3) is 0.0833. The number of ether oxygens (including phenoxy) is 2. The van der Waals surface area contributed by atoms with Crippen LogP contribution in [0.1, 0.15) is 27.3 Å². The summed E-state index contributed by atoms with van der Waals surface area (Å²) in [4.78, 5) is 16.2. The Kier molecular flexibility index (Phi) is 5.26. The number of nitrogens with zero attached hydrogens (tertiary/aromatic N) is 2. The van der Waals surface area contributed by atoms with Gasteiger partial charge in [0, 0.05) is 11.8 Å². The second-order valence-corrected chi connectivity index (χ2v) is 6.26. The highest BCUT2D eigenvalue weighted by molar-refractivity contribution is 5.89. The molecule has 0 fully saturated rings. The molecule has 0 aliphatic heterocycles. The van der Waals surface area contributed by atoms with Crippen LogP contribution in [0.3, 0.4) is 0 Å². The van der Waals surface area contributed by atoms with Gasteiger partial charge < -0.3 is 9.47 Å². The van der Waals surface area contributed by atoms with Crippen LogP contribution in [0, 0.1) is 11.8 Å². The predicted octanol–water partition coefficient (Wildman–Crippen LogP) is 4.10. The number of pyridine rings is 1. The van der Waals surface area contributed by atoms with Crippen LogP contribution in [0.2, 0.25) is 0 Å². The molecule has 142 valence electrons. The minimum absolute atomic E-state index is 0.262. The van der Waals surface area contributed by atoms with E-state index in [4.69, 9.17) is 9.47 Å². The van der Waals surface area contributed by atoms with Gasteiger partial charge in [0.2, 0.25) is 0 Å². The number of aromatic nitrogens is 2. The largest absolute Gasteiger partial charge is 0.487 e. The first-order valence-corrected chi connectivity index (χ1v) is 9.09. The topological polar surface area (TPSA) is 52.8 Å². The van der Waals surface area contributed by atoms with Gasteiger partial charge in [-0.05, 0) is 54.5 Å². The number of imidazole rings is 1. The number of fused-ring (bicyclic) bond motifs is 1. The van der Waals surface area contributed by atoms with E-state index in [0.29, 0.717) is 11.3 Å². The average molecular weight is 382 g/mol. The van der Waals surface area contributed by atoms with E-state index in [2.05, 4.69) is 16.8 Å². The molecule has 0 bridgehead atoms. The SMILES string of the molecule is COC(=O)c1ccc(OCc2nc3ccccn3c2C#Cc2ccccc2)cc1. The third-order valence-electron chi connectivity index (χ3n) is 4.35. The maximum atomic E-state index is 11.5. The summed E-state index contributed by atoms with van der Waals surface area (Å²) in [5.74, 6) is 6.67. The summed E-state index contributed by atoms with van der Waals surface area (Å²) in [5.41, 5.74) is 3.75. The fourth-order valence-corrected chi connectivity index (χ4v) is 2.89. The van der Waals surface area contributed by atoms with Gasteiger partial charge in [0.05, 0.1) is 12.7 Å². The molecule has 0 unspecified atom stereocenters. The van der Waals surface area contributed by atoms with Gasteiger partial charge in [0.15, 0.2) is 0 Å². The maximum Gasteiger partial charge on any atom is 0.337 e. The molecule has 0 atom stereocenters. The van der Waals surface area contributed by atoms with Crippen molar-refractivity contribution in [2.75, 3.05) is 7.11 Å². The summed E-state index contributed by atoms with van der Waals surface area (Å²) < 4.78 is 12.6. The molecule has 0 saturated heterocycles. The number of benzene rings is 2. The number of carbonyl (C=O) groups is 1. The molecule has 0 aliphatic carbocycles. The smallest absolute Gasteiger partial charge is 0.337 e. The molecule has 0 amide bonds. The van der Waals surface area contributed by atoms with Gasteiger partial charge in [0.25, 0.3) is 0 Å². The zero-order valence-electron chi connectivity index (χ0n) is 15.8. The van der Waals surface area contributed by atoms with Crippen LogP contribution in [-0.2, 0) is 11.3 Å². The molecule has 5 nitrogen and oxygen atoms in total. The second kappa shape index (κ2) is 8.32. The van der Waals surface area contributed by atoms with Crippen LogP contribution in [0.4, 0.5) is 0 Å². The van der Waals surface area contributed by atoms with Crippen molar-refractivity contribution in [2.24, 2.45) is 0 Å². The molecule has 0 N–H and O–H groups in total. The first-order valence-electron chi connectivity index (χ1n) is 9.09. The van der Waals surface area contributed by atoms with Crippen LogP contribution in [0.25, 0.3) is 5.65 Å². The third kappa shape index (κ3) is 4.12. The lowest BCUT2D eigenvalue weighted by Gasteiger charge is -2.06. The lowest BCUT2D eigenvalue weighted by atomic mass is 10.2. The number of esters is 1. The normalized spacial score (nSPS) is 10.2. The van der Waals surface area contributed by atoms with E-state index in [9.17, 15) is 4.79 Å². The van der Waals surface area contributed by atoms with E-state index in [1.807, 2.05) is 59.1 Å². The molecule has 4 rings (SSSR count). The summed E-state index contributed by atoms with van der Waals surface area (Å²) in [7, 11) is 1.36. The van der Waals surface area contributed by atoms with E-state index in [1.54, 1.807) is 24.3 Å². The van der Waals surface area contributed by atoms with Crippen LogP contribution >= 0.6 is 0 Å². The maximum absolute atomic E-state index is 11.5. The van der Waals surface area contributed by atoms with Crippen molar-refractivity contribution in [2.45, 2.75) is 6.61 Å².